The van der Waals surface area contributed by atoms with Crippen LogP contribution in [0.25, 0.3) is 0 Å². The van der Waals surface area contributed by atoms with Crippen LogP contribution in [0.5, 0.6) is 5.75 Å². The normalized spacial score (nSPS) is 10.7. The molecular weight excluding hydrogens is 212 g/mol. The number of aryl methyl sites for hydroxylation is 1. The summed E-state index contributed by atoms with van der Waals surface area (Å²) in [7, 11) is 0. The van der Waals surface area contributed by atoms with Crippen molar-refractivity contribution in [1.29, 1.82) is 0 Å². The minimum absolute atomic E-state index is 0.731. The maximum Gasteiger partial charge on any atom is 0.145 e. The minimum Gasteiger partial charge on any atom is -0.460 e. The third-order valence-electron chi connectivity index (χ3n) is 1.69. The summed E-state index contributed by atoms with van der Waals surface area (Å²) in [6, 6.07) is 3.79. The Hall–Kier alpha value is -1.90. The van der Waals surface area contributed by atoms with Crippen LogP contribution in [-0.2, 0) is 0 Å². The second-order valence-electron chi connectivity index (χ2n) is 3.04. The average molecular weight is 232 g/mol. The molecule has 0 aromatic carbocycles. The first-order valence-corrected chi connectivity index (χ1v) is 5.62. The molecule has 0 saturated heterocycles. The van der Waals surface area contributed by atoms with E-state index < -0.39 is 0 Å². The third kappa shape index (κ3) is 7.06. The number of rotatable bonds is 4. The molecule has 0 aliphatic carbocycles. The van der Waals surface area contributed by atoms with Gasteiger partial charge in [0.2, 0.25) is 0 Å². The molecular formula is C14H20N2O. The lowest BCUT2D eigenvalue weighted by Gasteiger charge is -2.04. The van der Waals surface area contributed by atoms with Gasteiger partial charge in [-0.15, -0.1) is 0 Å². The molecule has 1 rings (SSSR count). The summed E-state index contributed by atoms with van der Waals surface area (Å²) in [5, 5.41) is 0. The van der Waals surface area contributed by atoms with Gasteiger partial charge >= 0.3 is 0 Å². The van der Waals surface area contributed by atoms with E-state index in [2.05, 4.69) is 16.7 Å². The number of hydrogen-bond acceptors (Lipinski definition) is 3. The molecule has 0 aliphatic heterocycles. The molecule has 0 amide bonds. The first-order chi connectivity index (χ1) is 8.22. The number of pyridine rings is 1. The van der Waals surface area contributed by atoms with Crippen molar-refractivity contribution in [3.63, 3.8) is 0 Å². The summed E-state index contributed by atoms with van der Waals surface area (Å²) in [4.78, 5) is 7.71. The van der Waals surface area contributed by atoms with Crippen molar-refractivity contribution < 1.29 is 4.74 Å². The third-order valence-corrected chi connectivity index (χ3v) is 1.69. The highest BCUT2D eigenvalue weighted by atomic mass is 16.5. The van der Waals surface area contributed by atoms with E-state index >= 15 is 0 Å². The minimum atomic E-state index is 0.731. The van der Waals surface area contributed by atoms with Gasteiger partial charge in [-0.3, -0.25) is 9.98 Å². The van der Waals surface area contributed by atoms with Crippen molar-refractivity contribution in [1.82, 2.24) is 4.98 Å². The summed E-state index contributed by atoms with van der Waals surface area (Å²) in [5.41, 5.74) is 0.972. The maximum atomic E-state index is 5.50. The van der Waals surface area contributed by atoms with E-state index in [-0.39, 0.29) is 0 Å². The van der Waals surface area contributed by atoms with Crippen LogP contribution >= 0.6 is 0 Å². The molecule has 17 heavy (non-hydrogen) atoms. The highest BCUT2D eigenvalue weighted by Crippen LogP contribution is 2.12. The predicted octanol–water partition coefficient (Wildman–Crippen LogP) is 3.91. The van der Waals surface area contributed by atoms with E-state index in [1.165, 1.54) is 0 Å². The molecule has 0 saturated carbocycles. The zero-order chi connectivity index (χ0) is 13.1. The molecule has 92 valence electrons. The second-order valence-corrected chi connectivity index (χ2v) is 3.04. The lowest BCUT2D eigenvalue weighted by atomic mass is 10.4. The smallest absolute Gasteiger partial charge is 0.145 e. The zero-order valence-corrected chi connectivity index (χ0v) is 11.0. The van der Waals surface area contributed by atoms with E-state index in [1.807, 2.05) is 45.9 Å². The van der Waals surface area contributed by atoms with Crippen LogP contribution in [0.15, 0.2) is 47.4 Å². The quantitative estimate of drug-likeness (QED) is 0.448. The van der Waals surface area contributed by atoms with E-state index in [9.17, 15) is 0 Å². The topological polar surface area (TPSA) is 34.5 Å². The Bertz CT molecular complexity index is 378. The number of aromatic nitrogens is 1. The second kappa shape index (κ2) is 9.33. The highest BCUT2D eigenvalue weighted by molar-refractivity contribution is 5.26. The van der Waals surface area contributed by atoms with Crippen LogP contribution in [-0.4, -0.2) is 11.7 Å². The fourth-order valence-corrected chi connectivity index (χ4v) is 0.974. The van der Waals surface area contributed by atoms with Crippen molar-refractivity contribution in [2.24, 2.45) is 4.99 Å². The summed E-state index contributed by atoms with van der Waals surface area (Å²) >= 11 is 0. The SMILES string of the molecule is C=N/C=C\C=C(/C)Oc1ccc(C)nc1.CC. The molecule has 0 spiro atoms. The van der Waals surface area contributed by atoms with Crippen molar-refractivity contribution >= 4 is 6.72 Å². The summed E-state index contributed by atoms with van der Waals surface area (Å²) in [6.45, 7) is 11.1. The van der Waals surface area contributed by atoms with E-state index in [0.29, 0.717) is 0 Å². The predicted molar refractivity (Wildman–Crippen MR) is 73.4 cm³/mol. The number of hydrogen-bond donors (Lipinski definition) is 0. The van der Waals surface area contributed by atoms with Gasteiger partial charge in [-0.1, -0.05) is 13.8 Å². The number of allylic oxidation sites excluding steroid dienone is 3. The van der Waals surface area contributed by atoms with Gasteiger partial charge in [0.05, 0.1) is 6.20 Å². The van der Waals surface area contributed by atoms with Crippen LogP contribution in [0.3, 0.4) is 0 Å². The Morgan fingerprint density at radius 1 is 1.41 bits per heavy atom. The van der Waals surface area contributed by atoms with Crippen molar-refractivity contribution in [2.45, 2.75) is 27.7 Å². The summed E-state index contributed by atoms with van der Waals surface area (Å²) in [5.74, 6) is 1.51. The summed E-state index contributed by atoms with van der Waals surface area (Å²) < 4.78 is 5.50. The fourth-order valence-electron chi connectivity index (χ4n) is 0.974. The van der Waals surface area contributed by atoms with Crippen LogP contribution < -0.4 is 4.74 Å². The van der Waals surface area contributed by atoms with Gasteiger partial charge in [0.15, 0.2) is 0 Å². The molecule has 0 aliphatic rings. The van der Waals surface area contributed by atoms with Gasteiger partial charge in [-0.05, 0) is 44.8 Å². The molecule has 1 heterocycles. The van der Waals surface area contributed by atoms with Gasteiger partial charge in [-0.25, -0.2) is 0 Å². The fraction of sp³-hybridized carbons (Fsp3) is 0.286. The highest BCUT2D eigenvalue weighted by Gasteiger charge is 1.94. The van der Waals surface area contributed by atoms with E-state index in [4.69, 9.17) is 4.74 Å². The van der Waals surface area contributed by atoms with Crippen LogP contribution in [0.2, 0.25) is 0 Å². The Morgan fingerprint density at radius 3 is 2.65 bits per heavy atom. The first-order valence-electron chi connectivity index (χ1n) is 5.62. The molecule has 0 N–H and O–H groups in total. The van der Waals surface area contributed by atoms with Crippen molar-refractivity contribution in [3.05, 3.63) is 48.1 Å². The lowest BCUT2D eigenvalue weighted by molar-refractivity contribution is 0.426. The largest absolute Gasteiger partial charge is 0.460 e. The lowest BCUT2D eigenvalue weighted by Crippen LogP contribution is -1.91. The van der Waals surface area contributed by atoms with Gasteiger partial charge in [0.25, 0.3) is 0 Å². The molecule has 3 heteroatoms. The average Bonchev–Trinajstić information content (AvgIpc) is 2.35. The molecule has 0 bridgehead atoms. The van der Waals surface area contributed by atoms with E-state index in [1.54, 1.807) is 18.5 Å². The number of aliphatic imine (C=N–C) groups is 1. The van der Waals surface area contributed by atoms with Crippen molar-refractivity contribution in [3.8, 4) is 5.75 Å². The summed E-state index contributed by atoms with van der Waals surface area (Å²) in [6.07, 6.45) is 6.88. The molecule has 0 atom stereocenters. The van der Waals surface area contributed by atoms with Crippen LogP contribution in [0.4, 0.5) is 0 Å². The molecule has 1 aromatic rings. The zero-order valence-electron chi connectivity index (χ0n) is 11.0. The van der Waals surface area contributed by atoms with Crippen molar-refractivity contribution in [2.75, 3.05) is 0 Å². The van der Waals surface area contributed by atoms with E-state index in [0.717, 1.165) is 17.2 Å². The standard InChI is InChI=1S/C12H14N2O.C2H6/c1-10-6-7-12(9-14-10)15-11(2)5-4-8-13-3;1-2/h4-9H,3H2,1-2H3;1-2H3/b8-4-,11-5+;. The van der Waals surface area contributed by atoms with Gasteiger partial charge < -0.3 is 4.74 Å². The molecule has 0 fully saturated rings. The molecule has 3 nitrogen and oxygen atoms in total. The maximum absolute atomic E-state index is 5.50. The van der Waals surface area contributed by atoms with Gasteiger partial charge in [0.1, 0.15) is 11.5 Å². The molecule has 0 radical (unpaired) electrons. The van der Waals surface area contributed by atoms with Gasteiger partial charge in [0, 0.05) is 11.9 Å². The molecule has 1 aromatic heterocycles. The Labute approximate surface area is 104 Å². The molecule has 0 unspecified atom stereocenters. The Morgan fingerprint density at radius 2 is 2.12 bits per heavy atom. The number of nitrogens with zero attached hydrogens (tertiary/aromatic N) is 2. The number of ether oxygens (including phenoxy) is 1. The van der Waals surface area contributed by atoms with Gasteiger partial charge in [-0.2, -0.15) is 0 Å². The first kappa shape index (κ1) is 15.1. The Balaban J connectivity index is 0.00000121. The Kier molecular flexibility index (Phi) is 8.29. The monoisotopic (exact) mass is 232 g/mol. The van der Waals surface area contributed by atoms with Crippen LogP contribution in [0.1, 0.15) is 26.5 Å². The van der Waals surface area contributed by atoms with Crippen LogP contribution in [0, 0.1) is 6.92 Å².